The molecule has 0 saturated heterocycles. The van der Waals surface area contributed by atoms with Gasteiger partial charge < -0.3 is 26.2 Å². The Hall–Kier alpha value is -4.02. The minimum atomic E-state index is -2.70. The fourth-order valence-electron chi connectivity index (χ4n) is 7.00. The molecule has 0 radical (unpaired) electrons. The summed E-state index contributed by atoms with van der Waals surface area (Å²) in [5.41, 5.74) is 3.97. The van der Waals surface area contributed by atoms with Gasteiger partial charge in [-0.05, 0) is 91.6 Å². The number of hydrogen-bond acceptors (Lipinski definition) is 8. The molecule has 0 bridgehead atoms. The number of likely N-dealkylation sites (N-methyl/N-ethyl adjacent to an activating group) is 1. The number of nitrogens with two attached hydrogens (primary N) is 1. The van der Waals surface area contributed by atoms with Crippen LogP contribution in [0.2, 0.25) is 0 Å². The van der Waals surface area contributed by atoms with E-state index in [1.54, 1.807) is 32.3 Å². The maximum absolute atomic E-state index is 14.8. The zero-order chi connectivity index (χ0) is 31.7. The Labute approximate surface area is 249 Å². The molecule has 5 rings (SSSR count). The Bertz CT molecular complexity index is 1630. The van der Waals surface area contributed by atoms with Crippen molar-refractivity contribution in [1.82, 2.24) is 4.90 Å². The molecule has 2 aromatic carbocycles. The van der Waals surface area contributed by atoms with Gasteiger partial charge in [0.1, 0.15) is 28.7 Å². The van der Waals surface area contributed by atoms with Crippen LogP contribution in [0.1, 0.15) is 43.9 Å². The van der Waals surface area contributed by atoms with Crippen LogP contribution in [0, 0.1) is 29.5 Å². The maximum Gasteiger partial charge on any atom is 0.255 e. The highest BCUT2D eigenvalue weighted by Gasteiger charge is 2.64. The van der Waals surface area contributed by atoms with Crippen LogP contribution in [0.5, 0.6) is 5.75 Å². The number of amides is 1. The number of hydrogen-bond donors (Lipinski definition) is 5. The molecule has 3 aliphatic carbocycles. The number of aromatic hydroxyl groups is 1. The Kier molecular flexibility index (Phi) is 7.51. The molecular weight excluding hydrogens is 555 g/mol. The third-order valence-corrected chi connectivity index (χ3v) is 9.64. The Morgan fingerprint density at radius 2 is 1.79 bits per heavy atom. The zero-order valence-electron chi connectivity index (χ0n) is 24.8. The molecule has 1 saturated carbocycles. The summed E-state index contributed by atoms with van der Waals surface area (Å²) in [6.07, 6.45) is 0.656. The lowest BCUT2D eigenvalue weighted by Gasteiger charge is -2.50. The molecule has 5 atom stereocenters. The number of halogens is 1. The van der Waals surface area contributed by atoms with Gasteiger partial charge in [0.2, 0.25) is 5.78 Å². The second-order valence-corrected chi connectivity index (χ2v) is 12.7. The van der Waals surface area contributed by atoms with Crippen LogP contribution in [0.25, 0.3) is 16.9 Å². The lowest BCUT2D eigenvalue weighted by Crippen LogP contribution is -2.65. The lowest BCUT2D eigenvalue weighted by molar-refractivity contribution is -0.153. The number of carbonyl (C=O) groups excluding carboxylic acids is 3. The number of rotatable bonds is 6. The fraction of sp³-hybridized carbons (Fsp3) is 0.424. The number of aliphatic hydroxyl groups excluding tert-OH is 2. The summed E-state index contributed by atoms with van der Waals surface area (Å²) in [4.78, 5) is 40.9. The molecule has 1 amide bonds. The van der Waals surface area contributed by atoms with E-state index in [-0.39, 0.29) is 41.5 Å². The number of aliphatic hydroxyl groups is 3. The van der Waals surface area contributed by atoms with Crippen molar-refractivity contribution in [1.29, 1.82) is 0 Å². The quantitative estimate of drug-likeness (QED) is 0.318. The maximum atomic E-state index is 14.8. The van der Waals surface area contributed by atoms with Crippen molar-refractivity contribution in [2.24, 2.45) is 29.4 Å². The lowest BCUT2D eigenvalue weighted by atomic mass is 9.57. The van der Waals surface area contributed by atoms with E-state index < -0.39 is 58.0 Å². The van der Waals surface area contributed by atoms with Crippen LogP contribution in [0.15, 0.2) is 47.2 Å². The van der Waals surface area contributed by atoms with Gasteiger partial charge in [-0.3, -0.25) is 19.3 Å². The van der Waals surface area contributed by atoms with E-state index >= 15 is 0 Å². The average Bonchev–Trinajstić information content (AvgIpc) is 2.91. The van der Waals surface area contributed by atoms with Gasteiger partial charge in [0.15, 0.2) is 11.4 Å². The van der Waals surface area contributed by atoms with Gasteiger partial charge in [0, 0.05) is 11.5 Å². The van der Waals surface area contributed by atoms with Crippen molar-refractivity contribution in [3.05, 3.63) is 69.7 Å². The average molecular weight is 593 g/mol. The molecule has 3 aliphatic rings. The van der Waals surface area contributed by atoms with E-state index in [4.69, 9.17) is 5.73 Å². The summed E-state index contributed by atoms with van der Waals surface area (Å²) in [5.74, 6) is -6.78. The number of ketones is 2. The van der Waals surface area contributed by atoms with Gasteiger partial charge in [-0.15, -0.1) is 0 Å². The highest BCUT2D eigenvalue weighted by Crippen LogP contribution is 2.53. The summed E-state index contributed by atoms with van der Waals surface area (Å²) < 4.78 is 14.8. The predicted octanol–water partition coefficient (Wildman–Crippen LogP) is 3.60. The summed E-state index contributed by atoms with van der Waals surface area (Å²) in [6, 6.07) is 6.67. The molecule has 0 spiro atoms. The first-order valence-electron chi connectivity index (χ1n) is 14.4. The zero-order valence-corrected chi connectivity index (χ0v) is 24.8. The number of carbonyl (C=O) groups is 3. The van der Waals surface area contributed by atoms with E-state index in [2.05, 4.69) is 20.8 Å². The van der Waals surface area contributed by atoms with Crippen LogP contribution in [0.4, 0.5) is 4.39 Å². The first-order valence-corrected chi connectivity index (χ1v) is 14.4. The number of nitrogens with zero attached hydrogens (tertiary/aromatic N) is 1. The molecule has 1 unspecified atom stereocenters. The van der Waals surface area contributed by atoms with Crippen molar-refractivity contribution in [2.45, 2.75) is 51.7 Å². The van der Waals surface area contributed by atoms with Crippen LogP contribution in [-0.2, 0) is 27.2 Å². The Morgan fingerprint density at radius 1 is 1.12 bits per heavy atom. The normalized spacial score (nSPS) is 26.0. The molecule has 9 nitrogen and oxygen atoms in total. The SMILES string of the molecule is CC(C)C(C)Cc1cc(-c2ccc(O)c3c2C[C@H]2C[C@H]4[C@H](N(C)C)C(=O)C(C(N)=O)=C(O)[C@@]4(O)C(=O)C2=C3O)ccc1F. The molecule has 2 aromatic rings. The minimum absolute atomic E-state index is 0.00443. The van der Waals surface area contributed by atoms with Gasteiger partial charge in [0.05, 0.1) is 11.6 Å². The minimum Gasteiger partial charge on any atom is -0.508 e. The molecule has 43 heavy (non-hydrogen) atoms. The van der Waals surface area contributed by atoms with Crippen LogP contribution >= 0.6 is 0 Å². The van der Waals surface area contributed by atoms with E-state index in [0.29, 0.717) is 34.6 Å². The third-order valence-electron chi connectivity index (χ3n) is 9.64. The summed E-state index contributed by atoms with van der Waals surface area (Å²) in [5, 5.41) is 45.1. The standard InChI is InChI=1S/C33H37FN2O7/c1-14(2)15(3)10-17-11-16(6-8-22(17)34)19-7-9-23(37)25-20(19)12-18-13-21-27(36(4)5)29(39)26(32(35)42)31(41)33(21,43)30(40)24(18)28(25)38/h6-9,11,14-15,18,21,27,37-38,41,43H,10,12-13H2,1-5H3,(H2,35,42)/t15?,18-,21-,27-,33-/m0/s1. The smallest absolute Gasteiger partial charge is 0.255 e. The first kappa shape index (κ1) is 30.4. The van der Waals surface area contributed by atoms with Crippen LogP contribution in [0.3, 0.4) is 0 Å². The molecular formula is C33H37FN2O7. The largest absolute Gasteiger partial charge is 0.508 e. The van der Waals surface area contributed by atoms with Crippen molar-refractivity contribution in [2.75, 3.05) is 14.1 Å². The van der Waals surface area contributed by atoms with Gasteiger partial charge >= 0.3 is 0 Å². The highest BCUT2D eigenvalue weighted by molar-refractivity contribution is 6.24. The monoisotopic (exact) mass is 592 g/mol. The predicted molar refractivity (Wildman–Crippen MR) is 157 cm³/mol. The number of Topliss-reactive ketones (excluding diaryl/α,β-unsaturated/α-hetero) is 2. The van der Waals surface area contributed by atoms with Crippen molar-refractivity contribution < 1.29 is 39.2 Å². The molecule has 0 aromatic heterocycles. The first-order chi connectivity index (χ1) is 20.1. The van der Waals surface area contributed by atoms with Crippen molar-refractivity contribution in [3.8, 4) is 16.9 Å². The second kappa shape index (κ2) is 10.6. The molecule has 228 valence electrons. The number of phenolic OH excluding ortho intramolecular Hbond substituents is 1. The van der Waals surface area contributed by atoms with Crippen LogP contribution < -0.4 is 5.73 Å². The molecule has 6 N–H and O–H groups in total. The summed E-state index contributed by atoms with van der Waals surface area (Å²) >= 11 is 0. The van der Waals surface area contributed by atoms with Gasteiger partial charge in [-0.1, -0.05) is 32.9 Å². The van der Waals surface area contributed by atoms with E-state index in [0.717, 1.165) is 0 Å². The number of phenols is 1. The van der Waals surface area contributed by atoms with Crippen molar-refractivity contribution >= 4 is 23.2 Å². The molecule has 0 heterocycles. The van der Waals surface area contributed by atoms with E-state index in [1.807, 2.05) is 0 Å². The molecule has 1 fully saturated rings. The summed E-state index contributed by atoms with van der Waals surface area (Å²) in [7, 11) is 3.10. The third kappa shape index (κ3) is 4.55. The van der Waals surface area contributed by atoms with Gasteiger partial charge in [-0.25, -0.2) is 4.39 Å². The Balaban J connectivity index is 1.68. The topological polar surface area (TPSA) is 161 Å². The fourth-order valence-corrected chi connectivity index (χ4v) is 7.00. The van der Waals surface area contributed by atoms with Gasteiger partial charge in [0.25, 0.3) is 5.91 Å². The highest BCUT2D eigenvalue weighted by atomic mass is 19.1. The Morgan fingerprint density at radius 3 is 2.40 bits per heavy atom. The molecule has 0 aliphatic heterocycles. The van der Waals surface area contributed by atoms with E-state index in [9.17, 15) is 39.2 Å². The second-order valence-electron chi connectivity index (χ2n) is 12.7. The number of primary amides is 1. The molecule has 10 heteroatoms. The van der Waals surface area contributed by atoms with Gasteiger partial charge in [-0.2, -0.15) is 0 Å². The summed E-state index contributed by atoms with van der Waals surface area (Å²) in [6.45, 7) is 6.21. The number of fused-ring (bicyclic) bond motifs is 3. The van der Waals surface area contributed by atoms with Crippen LogP contribution in [-0.4, -0.2) is 68.5 Å². The number of benzene rings is 2. The van der Waals surface area contributed by atoms with E-state index in [1.165, 1.54) is 17.0 Å². The van der Waals surface area contributed by atoms with Crippen molar-refractivity contribution in [3.63, 3.8) is 0 Å².